The Bertz CT molecular complexity index is 621. The van der Waals surface area contributed by atoms with Crippen LogP contribution in [0.4, 0.5) is 5.69 Å². The molecule has 8 nitrogen and oxygen atoms in total. The van der Waals surface area contributed by atoms with Crippen LogP contribution >= 0.6 is 0 Å². The molecule has 1 aromatic rings. The second-order valence-electron chi connectivity index (χ2n) is 5.00. The van der Waals surface area contributed by atoms with E-state index in [1.165, 1.54) is 37.3 Å². The highest BCUT2D eigenvalue weighted by Gasteiger charge is 2.28. The lowest BCUT2D eigenvalue weighted by Crippen LogP contribution is -2.45. The Balaban J connectivity index is 2.87. The summed E-state index contributed by atoms with van der Waals surface area (Å²) in [5, 5.41) is 20.0. The average Bonchev–Trinajstić information content (AvgIpc) is 2.51. The van der Waals surface area contributed by atoms with Gasteiger partial charge in [0.2, 0.25) is 0 Å². The monoisotopic (exact) mass is 307 g/mol. The lowest BCUT2D eigenvalue weighted by Gasteiger charge is -2.28. The summed E-state index contributed by atoms with van der Waals surface area (Å²) in [5.74, 6) is -0.188. The quantitative estimate of drug-likeness (QED) is 0.585. The van der Waals surface area contributed by atoms with E-state index in [1.54, 1.807) is 13.8 Å². The van der Waals surface area contributed by atoms with Crippen LogP contribution in [0.5, 0.6) is 11.5 Å². The topological polar surface area (TPSA) is 106 Å². The molecule has 0 saturated carbocycles. The number of methoxy groups -OCH3 is 1. The number of carbonyl (C=O) groups is 1. The first kappa shape index (κ1) is 17.2. The molecule has 0 atom stereocenters. The maximum atomic E-state index is 12.0. The van der Waals surface area contributed by atoms with E-state index in [0.717, 1.165) is 0 Å². The van der Waals surface area contributed by atoms with Crippen molar-refractivity contribution >= 4 is 11.6 Å². The number of nitro groups is 1. The number of amides is 1. The van der Waals surface area contributed by atoms with E-state index in [4.69, 9.17) is 14.7 Å². The molecule has 1 aromatic carbocycles. The second-order valence-corrected chi connectivity index (χ2v) is 5.00. The van der Waals surface area contributed by atoms with Crippen LogP contribution in [0.1, 0.15) is 13.8 Å². The molecule has 0 aliphatic heterocycles. The van der Waals surface area contributed by atoms with E-state index in [0.29, 0.717) is 5.75 Å². The van der Waals surface area contributed by atoms with E-state index in [-0.39, 0.29) is 11.4 Å². The Labute approximate surface area is 128 Å². The summed E-state index contributed by atoms with van der Waals surface area (Å²) in [5.41, 5.74) is -1.29. The lowest BCUT2D eigenvalue weighted by atomic mass is 10.1. The van der Waals surface area contributed by atoms with Crippen LogP contribution in [-0.2, 0) is 4.79 Å². The molecule has 0 fully saturated rings. The zero-order valence-corrected chi connectivity index (χ0v) is 12.8. The summed E-state index contributed by atoms with van der Waals surface area (Å²) < 4.78 is 10.1. The molecule has 118 valence electrons. The van der Waals surface area contributed by atoms with E-state index in [9.17, 15) is 14.9 Å². The summed E-state index contributed by atoms with van der Waals surface area (Å²) in [6, 6.07) is 6.06. The first-order valence-electron chi connectivity index (χ1n) is 6.36. The Morgan fingerprint density at radius 3 is 2.64 bits per heavy atom. The van der Waals surface area contributed by atoms with Crippen molar-refractivity contribution in [2.24, 2.45) is 0 Å². The number of carbonyl (C=O) groups excluding carboxylic acids is 1. The van der Waals surface area contributed by atoms with Gasteiger partial charge in [0.25, 0.3) is 5.91 Å². The van der Waals surface area contributed by atoms with E-state index >= 15 is 0 Å². The largest absolute Gasteiger partial charge is 0.496 e. The number of nitro benzene ring substituents is 1. The number of rotatable bonds is 6. The minimum Gasteiger partial charge on any atom is -0.496 e. The molecule has 0 heterocycles. The van der Waals surface area contributed by atoms with Crippen molar-refractivity contribution in [1.29, 1.82) is 5.26 Å². The SMILES string of the molecule is COc1ccc(OCC(=O)N(C)C(C)(C)C#N)c([N+](=O)[O-])c1. The molecule has 8 heteroatoms. The molecule has 1 rings (SSSR count). The Hall–Kier alpha value is -2.82. The average molecular weight is 307 g/mol. The molecule has 0 spiro atoms. The predicted molar refractivity (Wildman–Crippen MR) is 77.6 cm³/mol. The van der Waals surface area contributed by atoms with Crippen LogP contribution in [0.3, 0.4) is 0 Å². The number of ether oxygens (including phenoxy) is 2. The minimum atomic E-state index is -0.994. The van der Waals surface area contributed by atoms with Gasteiger partial charge in [-0.1, -0.05) is 0 Å². The minimum absolute atomic E-state index is 0.0395. The van der Waals surface area contributed by atoms with E-state index in [2.05, 4.69) is 0 Å². The molecule has 0 radical (unpaired) electrons. The van der Waals surface area contributed by atoms with Gasteiger partial charge in [-0.05, 0) is 26.0 Å². The first-order valence-corrected chi connectivity index (χ1v) is 6.36. The van der Waals surface area contributed by atoms with Crippen molar-refractivity contribution in [2.75, 3.05) is 20.8 Å². The third-order valence-corrected chi connectivity index (χ3v) is 3.20. The summed E-state index contributed by atoms with van der Waals surface area (Å²) in [6.07, 6.45) is 0. The Morgan fingerprint density at radius 2 is 2.14 bits per heavy atom. The smallest absolute Gasteiger partial charge is 0.314 e. The summed E-state index contributed by atoms with van der Waals surface area (Å²) in [6.45, 7) is 2.76. The highest BCUT2D eigenvalue weighted by atomic mass is 16.6. The Kier molecular flexibility index (Phi) is 5.29. The zero-order valence-electron chi connectivity index (χ0n) is 12.8. The van der Waals surface area contributed by atoms with Gasteiger partial charge in [-0.3, -0.25) is 14.9 Å². The molecular weight excluding hydrogens is 290 g/mol. The zero-order chi connectivity index (χ0) is 16.9. The van der Waals surface area contributed by atoms with Gasteiger partial charge in [0.1, 0.15) is 11.3 Å². The third-order valence-electron chi connectivity index (χ3n) is 3.20. The molecule has 0 bridgehead atoms. The number of hydrogen-bond acceptors (Lipinski definition) is 6. The molecule has 0 aliphatic carbocycles. The molecule has 0 aromatic heterocycles. The number of hydrogen-bond donors (Lipinski definition) is 0. The van der Waals surface area contributed by atoms with E-state index < -0.39 is 23.0 Å². The fraction of sp³-hybridized carbons (Fsp3) is 0.429. The molecule has 1 amide bonds. The van der Waals surface area contributed by atoms with Gasteiger partial charge in [0.15, 0.2) is 12.4 Å². The molecule has 0 N–H and O–H groups in total. The Morgan fingerprint density at radius 1 is 1.50 bits per heavy atom. The third kappa shape index (κ3) is 3.85. The van der Waals surface area contributed by atoms with Gasteiger partial charge in [-0.2, -0.15) is 5.26 Å². The number of nitrogens with zero attached hydrogens (tertiary/aromatic N) is 3. The molecule has 0 aliphatic rings. The fourth-order valence-corrected chi connectivity index (χ4v) is 1.51. The van der Waals surface area contributed by atoms with Gasteiger partial charge >= 0.3 is 5.69 Å². The van der Waals surface area contributed by atoms with Crippen LogP contribution in [0, 0.1) is 21.4 Å². The summed E-state index contributed by atoms with van der Waals surface area (Å²) in [7, 11) is 2.86. The predicted octanol–water partition coefficient (Wildman–Crippen LogP) is 1.74. The standard InChI is InChI=1S/C14H17N3O5/c1-14(2,9-15)16(3)13(18)8-22-12-6-5-10(21-4)7-11(12)17(19)20/h5-7H,8H2,1-4H3. The van der Waals surface area contributed by atoms with Crippen molar-refractivity contribution in [3.63, 3.8) is 0 Å². The summed E-state index contributed by atoms with van der Waals surface area (Å²) >= 11 is 0. The van der Waals surface area contributed by atoms with Crippen molar-refractivity contribution in [3.05, 3.63) is 28.3 Å². The van der Waals surface area contributed by atoms with Gasteiger partial charge in [0, 0.05) is 7.05 Å². The number of benzene rings is 1. The molecular formula is C14H17N3O5. The maximum Gasteiger partial charge on any atom is 0.314 e. The van der Waals surface area contributed by atoms with E-state index in [1.807, 2.05) is 6.07 Å². The maximum absolute atomic E-state index is 12.0. The summed E-state index contributed by atoms with van der Waals surface area (Å²) in [4.78, 5) is 23.6. The normalized spacial score (nSPS) is 10.5. The van der Waals surface area contributed by atoms with Crippen molar-refractivity contribution < 1.29 is 19.2 Å². The van der Waals surface area contributed by atoms with Crippen molar-refractivity contribution in [1.82, 2.24) is 4.90 Å². The highest BCUT2D eigenvalue weighted by molar-refractivity contribution is 5.78. The number of likely N-dealkylation sites (N-methyl/N-ethyl adjacent to an activating group) is 1. The van der Waals surface area contributed by atoms with Crippen molar-refractivity contribution in [2.45, 2.75) is 19.4 Å². The van der Waals surface area contributed by atoms with Gasteiger partial charge in [-0.25, -0.2) is 0 Å². The second kappa shape index (κ2) is 6.76. The van der Waals surface area contributed by atoms with Crippen LogP contribution in [0.15, 0.2) is 18.2 Å². The molecule has 0 unspecified atom stereocenters. The van der Waals surface area contributed by atoms with Crippen LogP contribution < -0.4 is 9.47 Å². The number of nitriles is 1. The van der Waals surface area contributed by atoms with Crippen LogP contribution in [-0.4, -0.2) is 42.0 Å². The lowest BCUT2D eigenvalue weighted by molar-refractivity contribution is -0.385. The van der Waals surface area contributed by atoms with Gasteiger partial charge in [0.05, 0.1) is 24.2 Å². The van der Waals surface area contributed by atoms with Gasteiger partial charge in [-0.15, -0.1) is 0 Å². The molecule has 22 heavy (non-hydrogen) atoms. The van der Waals surface area contributed by atoms with Gasteiger partial charge < -0.3 is 14.4 Å². The van der Waals surface area contributed by atoms with Crippen molar-refractivity contribution in [3.8, 4) is 17.6 Å². The first-order chi connectivity index (χ1) is 10.2. The van der Waals surface area contributed by atoms with Crippen LogP contribution in [0.2, 0.25) is 0 Å². The fourth-order valence-electron chi connectivity index (χ4n) is 1.51. The highest BCUT2D eigenvalue weighted by Crippen LogP contribution is 2.31. The molecule has 0 saturated heterocycles. The van der Waals surface area contributed by atoms with Crippen LogP contribution in [0.25, 0.3) is 0 Å².